The number of hydrazine groups is 1. The summed E-state index contributed by atoms with van der Waals surface area (Å²) in [5.74, 6) is -0.170. The van der Waals surface area contributed by atoms with Gasteiger partial charge in [-0.25, -0.2) is 4.79 Å². The molecule has 0 heterocycles. The quantitative estimate of drug-likeness (QED) is 0.546. The molecule has 0 aliphatic heterocycles. The minimum atomic E-state index is -1.18. The van der Waals surface area contributed by atoms with Crippen molar-refractivity contribution in [3.05, 3.63) is 35.9 Å². The van der Waals surface area contributed by atoms with Gasteiger partial charge in [-0.15, -0.1) is 0 Å². The highest BCUT2D eigenvalue weighted by Crippen LogP contribution is 2.16. The summed E-state index contributed by atoms with van der Waals surface area (Å²) in [6, 6.07) is 9.07. The van der Waals surface area contributed by atoms with E-state index in [4.69, 9.17) is 5.11 Å². The maximum Gasteiger partial charge on any atom is 0.405 e. The lowest BCUT2D eigenvalue weighted by atomic mass is 10.0. The average molecular weight is 305 g/mol. The van der Waals surface area contributed by atoms with E-state index < -0.39 is 12.1 Å². The molecule has 4 N–H and O–H groups in total. The summed E-state index contributed by atoms with van der Waals surface area (Å²) in [7, 11) is 0. The fraction of sp³-hybridized carbons (Fsp3) is 0.500. The van der Waals surface area contributed by atoms with Gasteiger partial charge in [-0.2, -0.15) is 0 Å². The molecule has 1 aromatic rings. The van der Waals surface area contributed by atoms with Gasteiger partial charge < -0.3 is 10.4 Å². The van der Waals surface area contributed by atoms with Crippen molar-refractivity contribution >= 4 is 11.9 Å². The molecule has 1 atom stereocenters. The zero-order chi connectivity index (χ0) is 15.8. The number of amides is 1. The fourth-order valence-corrected chi connectivity index (χ4v) is 2.72. The summed E-state index contributed by atoms with van der Waals surface area (Å²) in [5, 5.41) is 11.2. The van der Waals surface area contributed by atoms with Crippen LogP contribution in [-0.4, -0.2) is 35.6 Å². The van der Waals surface area contributed by atoms with Crippen molar-refractivity contribution in [1.82, 2.24) is 16.2 Å². The third-order valence-corrected chi connectivity index (χ3v) is 3.89. The number of nitrogens with one attached hydrogen (secondary N) is 3. The van der Waals surface area contributed by atoms with Gasteiger partial charge in [0.05, 0.1) is 12.6 Å². The third kappa shape index (κ3) is 5.46. The molecule has 22 heavy (non-hydrogen) atoms. The minimum absolute atomic E-state index is 0.105. The third-order valence-electron chi connectivity index (χ3n) is 3.89. The van der Waals surface area contributed by atoms with Crippen LogP contribution >= 0.6 is 0 Å². The Morgan fingerprint density at radius 1 is 1.18 bits per heavy atom. The van der Waals surface area contributed by atoms with E-state index in [0.717, 1.165) is 18.4 Å². The van der Waals surface area contributed by atoms with Gasteiger partial charge in [0.15, 0.2) is 5.78 Å². The Kier molecular flexibility index (Phi) is 6.36. The second-order valence-corrected chi connectivity index (χ2v) is 5.64. The predicted octanol–water partition coefficient (Wildman–Crippen LogP) is 1.47. The van der Waals surface area contributed by atoms with E-state index in [2.05, 4.69) is 16.2 Å². The van der Waals surface area contributed by atoms with E-state index in [1.54, 1.807) is 0 Å². The molecular weight excluding hydrogens is 282 g/mol. The van der Waals surface area contributed by atoms with Crippen molar-refractivity contribution in [3.8, 4) is 0 Å². The Morgan fingerprint density at radius 3 is 2.50 bits per heavy atom. The molecule has 0 spiro atoms. The van der Waals surface area contributed by atoms with E-state index in [-0.39, 0.29) is 12.3 Å². The molecule has 0 unspecified atom stereocenters. The van der Waals surface area contributed by atoms with Crippen LogP contribution in [-0.2, 0) is 11.2 Å². The van der Waals surface area contributed by atoms with E-state index in [9.17, 15) is 9.59 Å². The van der Waals surface area contributed by atoms with E-state index in [1.165, 1.54) is 12.8 Å². The molecule has 1 aliphatic carbocycles. The maximum absolute atomic E-state index is 12.2. The van der Waals surface area contributed by atoms with E-state index in [1.807, 2.05) is 30.3 Å². The normalized spacial score (nSPS) is 16.4. The highest BCUT2D eigenvalue weighted by molar-refractivity contribution is 5.88. The fourth-order valence-electron chi connectivity index (χ4n) is 2.72. The van der Waals surface area contributed by atoms with Gasteiger partial charge in [-0.1, -0.05) is 43.2 Å². The maximum atomic E-state index is 12.2. The monoisotopic (exact) mass is 305 g/mol. The molecule has 1 saturated carbocycles. The van der Waals surface area contributed by atoms with Crippen LogP contribution in [0.15, 0.2) is 30.3 Å². The molecule has 1 amide bonds. The van der Waals surface area contributed by atoms with Gasteiger partial charge in [0.2, 0.25) is 0 Å². The Balaban J connectivity index is 1.83. The Hall–Kier alpha value is -1.92. The van der Waals surface area contributed by atoms with Crippen molar-refractivity contribution in [3.63, 3.8) is 0 Å². The van der Waals surface area contributed by atoms with Crippen molar-refractivity contribution in [2.75, 3.05) is 6.54 Å². The molecule has 0 aromatic heterocycles. The summed E-state index contributed by atoms with van der Waals surface area (Å²) in [5.41, 5.74) is 7.00. The Bertz CT molecular complexity index is 487. The summed E-state index contributed by atoms with van der Waals surface area (Å²) in [6.07, 6.45) is 3.83. The SMILES string of the molecule is O=C(O)N[C@@H](Cc1ccccc1)C(=O)CNNC1CCCC1. The van der Waals surface area contributed by atoms with Crippen LogP contribution < -0.4 is 16.2 Å². The van der Waals surface area contributed by atoms with Gasteiger partial charge >= 0.3 is 6.09 Å². The van der Waals surface area contributed by atoms with Crippen molar-refractivity contribution < 1.29 is 14.7 Å². The smallest absolute Gasteiger partial charge is 0.405 e. The molecule has 6 heteroatoms. The lowest BCUT2D eigenvalue weighted by Crippen LogP contribution is -2.49. The van der Waals surface area contributed by atoms with Gasteiger partial charge in [0.25, 0.3) is 0 Å². The number of benzene rings is 1. The highest BCUT2D eigenvalue weighted by Gasteiger charge is 2.21. The van der Waals surface area contributed by atoms with Crippen molar-refractivity contribution in [2.45, 2.75) is 44.2 Å². The highest BCUT2D eigenvalue weighted by atomic mass is 16.4. The molecule has 6 nitrogen and oxygen atoms in total. The summed E-state index contributed by atoms with van der Waals surface area (Å²) >= 11 is 0. The second-order valence-electron chi connectivity index (χ2n) is 5.64. The number of rotatable bonds is 8. The molecule has 1 aliphatic rings. The van der Waals surface area contributed by atoms with Crippen LogP contribution in [0.3, 0.4) is 0 Å². The standard InChI is InChI=1S/C16H23N3O3/c20-15(11-17-19-13-8-4-5-9-13)14(18-16(21)22)10-12-6-2-1-3-7-12/h1-3,6-7,13-14,17-19H,4-5,8-11H2,(H,21,22)/t14-/m0/s1. The van der Waals surface area contributed by atoms with Crippen LogP contribution in [0.4, 0.5) is 4.79 Å². The number of carbonyl (C=O) groups is 2. The molecule has 1 fully saturated rings. The molecule has 2 rings (SSSR count). The molecule has 120 valence electrons. The molecule has 0 bridgehead atoms. The number of carbonyl (C=O) groups excluding carboxylic acids is 1. The lowest BCUT2D eigenvalue weighted by molar-refractivity contribution is -0.120. The van der Waals surface area contributed by atoms with E-state index >= 15 is 0 Å². The van der Waals surface area contributed by atoms with Crippen molar-refractivity contribution in [2.24, 2.45) is 0 Å². The Morgan fingerprint density at radius 2 is 1.86 bits per heavy atom. The minimum Gasteiger partial charge on any atom is -0.465 e. The second kappa shape index (κ2) is 8.51. The first-order valence-electron chi connectivity index (χ1n) is 7.69. The van der Waals surface area contributed by atoms with Crippen LogP contribution in [0.1, 0.15) is 31.2 Å². The lowest BCUT2D eigenvalue weighted by Gasteiger charge is -2.18. The zero-order valence-corrected chi connectivity index (χ0v) is 12.5. The number of Topliss-reactive ketones (excluding diaryl/α,β-unsaturated/α-hetero) is 1. The van der Waals surface area contributed by atoms with Crippen LogP contribution in [0, 0.1) is 0 Å². The number of hydrogen-bond donors (Lipinski definition) is 4. The summed E-state index contributed by atoms with van der Waals surface area (Å²) in [6.45, 7) is 0.105. The van der Waals surface area contributed by atoms with Gasteiger partial charge in [0, 0.05) is 6.04 Å². The van der Waals surface area contributed by atoms with Crippen LogP contribution in [0.25, 0.3) is 0 Å². The predicted molar refractivity (Wildman–Crippen MR) is 83.5 cm³/mol. The van der Waals surface area contributed by atoms with Crippen molar-refractivity contribution in [1.29, 1.82) is 0 Å². The number of hydrogen-bond acceptors (Lipinski definition) is 4. The molecule has 0 saturated heterocycles. The first-order valence-corrected chi connectivity index (χ1v) is 7.69. The topological polar surface area (TPSA) is 90.5 Å². The Labute approximate surface area is 130 Å². The van der Waals surface area contributed by atoms with Gasteiger partial charge in [-0.3, -0.25) is 15.6 Å². The first kappa shape index (κ1) is 16.5. The molecule has 1 aromatic carbocycles. The molecule has 0 radical (unpaired) electrons. The number of carboxylic acid groups (broad SMARTS) is 1. The van der Waals surface area contributed by atoms with Crippen LogP contribution in [0.2, 0.25) is 0 Å². The summed E-state index contributed by atoms with van der Waals surface area (Å²) in [4.78, 5) is 23.1. The van der Waals surface area contributed by atoms with Gasteiger partial charge in [-0.05, 0) is 24.8 Å². The molecular formula is C16H23N3O3. The largest absolute Gasteiger partial charge is 0.465 e. The summed E-state index contributed by atoms with van der Waals surface area (Å²) < 4.78 is 0. The van der Waals surface area contributed by atoms with Crippen LogP contribution in [0.5, 0.6) is 0 Å². The van der Waals surface area contributed by atoms with Gasteiger partial charge in [0.1, 0.15) is 0 Å². The van der Waals surface area contributed by atoms with E-state index in [0.29, 0.717) is 12.5 Å². The number of ketones is 1. The first-order chi connectivity index (χ1) is 10.6. The average Bonchev–Trinajstić information content (AvgIpc) is 3.00. The zero-order valence-electron chi connectivity index (χ0n) is 12.5.